The zero-order valence-corrected chi connectivity index (χ0v) is 18.0. The number of rotatable bonds is 7. The molecule has 4 rings (SSSR count). The number of halogens is 1. The lowest BCUT2D eigenvalue weighted by Gasteiger charge is -2.14. The third-order valence-electron chi connectivity index (χ3n) is 4.52. The second-order valence-corrected chi connectivity index (χ2v) is 9.40. The summed E-state index contributed by atoms with van der Waals surface area (Å²) in [4.78, 5) is 17.0. The Morgan fingerprint density at radius 2 is 2.03 bits per heavy atom. The smallest absolute Gasteiger partial charge is 0.258 e. The van der Waals surface area contributed by atoms with Crippen molar-refractivity contribution in [3.63, 3.8) is 0 Å². The van der Waals surface area contributed by atoms with Crippen molar-refractivity contribution in [3.05, 3.63) is 63.1 Å². The largest absolute Gasteiger partial charge is 0.495 e. The van der Waals surface area contributed by atoms with Crippen LogP contribution in [0.5, 0.6) is 5.75 Å². The van der Waals surface area contributed by atoms with E-state index < -0.39 is 10.0 Å². The average Bonchev–Trinajstić information content (AvgIpc) is 3.50. The van der Waals surface area contributed by atoms with E-state index in [1.807, 2.05) is 6.07 Å². The summed E-state index contributed by atoms with van der Waals surface area (Å²) in [6, 6.07) is 9.64. The predicted molar refractivity (Wildman–Crippen MR) is 113 cm³/mol. The van der Waals surface area contributed by atoms with Crippen molar-refractivity contribution in [1.82, 2.24) is 14.1 Å². The normalized spacial score (nSPS) is 14.1. The Labute approximate surface area is 176 Å². The van der Waals surface area contributed by atoms with Gasteiger partial charge in [-0.2, -0.15) is 0 Å². The van der Waals surface area contributed by atoms with Gasteiger partial charge in [-0.25, -0.2) is 18.1 Å². The fourth-order valence-corrected chi connectivity index (χ4v) is 4.55. The van der Waals surface area contributed by atoms with E-state index in [4.69, 9.17) is 4.74 Å². The molecule has 0 aliphatic heterocycles. The van der Waals surface area contributed by atoms with Crippen LogP contribution in [0.15, 0.2) is 56.8 Å². The molecule has 0 saturated heterocycles. The molecule has 1 saturated carbocycles. The van der Waals surface area contributed by atoms with Crippen LogP contribution in [-0.4, -0.2) is 31.0 Å². The molecule has 2 aromatic heterocycles. The molecule has 2 N–H and O–H groups in total. The maximum atomic E-state index is 12.5. The molecule has 29 heavy (non-hydrogen) atoms. The quantitative estimate of drug-likeness (QED) is 0.540. The highest BCUT2D eigenvalue weighted by Crippen LogP contribution is 2.29. The van der Waals surface area contributed by atoms with Crippen LogP contribution in [0.25, 0.3) is 5.65 Å². The maximum absolute atomic E-state index is 12.5. The van der Waals surface area contributed by atoms with E-state index in [0.29, 0.717) is 22.8 Å². The van der Waals surface area contributed by atoms with Crippen LogP contribution in [0.3, 0.4) is 0 Å². The van der Waals surface area contributed by atoms with Gasteiger partial charge in [-0.1, -0.05) is 0 Å². The van der Waals surface area contributed by atoms with Gasteiger partial charge in [0, 0.05) is 22.8 Å². The number of nitrogens with one attached hydrogen (secondary N) is 2. The van der Waals surface area contributed by atoms with Crippen molar-refractivity contribution in [2.75, 3.05) is 12.4 Å². The highest BCUT2D eigenvalue weighted by molar-refractivity contribution is 9.10. The molecule has 0 unspecified atom stereocenters. The van der Waals surface area contributed by atoms with Crippen molar-refractivity contribution in [2.24, 2.45) is 0 Å². The van der Waals surface area contributed by atoms with Crippen molar-refractivity contribution in [3.8, 4) is 5.75 Å². The summed E-state index contributed by atoms with van der Waals surface area (Å²) in [6.45, 7) is 0.234. The minimum absolute atomic E-state index is 0.0216. The summed E-state index contributed by atoms with van der Waals surface area (Å²) in [5.74, 6) is 0.497. The SMILES string of the molecule is COc1ccc(S(=O)(=O)NC2CC2)cc1NCc1cc(=O)n2cc(Br)ccc2n1. The van der Waals surface area contributed by atoms with Gasteiger partial charge in [0.1, 0.15) is 11.4 Å². The van der Waals surface area contributed by atoms with Crippen LogP contribution in [0.4, 0.5) is 5.69 Å². The van der Waals surface area contributed by atoms with E-state index in [-0.39, 0.29) is 23.0 Å². The first-order chi connectivity index (χ1) is 13.9. The summed E-state index contributed by atoms with van der Waals surface area (Å²) < 4.78 is 35.2. The van der Waals surface area contributed by atoms with Gasteiger partial charge in [-0.15, -0.1) is 0 Å². The summed E-state index contributed by atoms with van der Waals surface area (Å²) in [7, 11) is -2.08. The van der Waals surface area contributed by atoms with Crippen molar-refractivity contribution >= 4 is 37.3 Å². The molecule has 0 bridgehead atoms. The number of hydrogen-bond donors (Lipinski definition) is 2. The highest BCUT2D eigenvalue weighted by Gasteiger charge is 2.28. The summed E-state index contributed by atoms with van der Waals surface area (Å²) in [5.41, 5.74) is 1.35. The molecule has 1 aromatic carbocycles. The Hall–Kier alpha value is -2.43. The van der Waals surface area contributed by atoms with Crippen LogP contribution < -0.4 is 20.3 Å². The number of sulfonamides is 1. The molecular formula is C19H19BrN4O4S. The number of anilines is 1. The minimum atomic E-state index is -3.59. The van der Waals surface area contributed by atoms with Crippen molar-refractivity contribution in [2.45, 2.75) is 30.3 Å². The second kappa shape index (κ2) is 7.77. The van der Waals surface area contributed by atoms with Gasteiger partial charge in [-0.3, -0.25) is 9.20 Å². The van der Waals surface area contributed by atoms with E-state index >= 15 is 0 Å². The van der Waals surface area contributed by atoms with E-state index in [2.05, 4.69) is 31.0 Å². The molecule has 0 radical (unpaired) electrons. The fraction of sp³-hybridized carbons (Fsp3) is 0.263. The highest BCUT2D eigenvalue weighted by atomic mass is 79.9. The lowest BCUT2D eigenvalue weighted by atomic mass is 10.2. The standard InChI is InChI=1S/C19H19BrN4O4S/c1-28-17-6-5-15(29(26,27)23-13-3-4-13)9-16(17)21-10-14-8-19(25)24-11-12(20)2-7-18(24)22-14/h2,5-9,11,13,21,23H,3-4,10H2,1H3. The first-order valence-electron chi connectivity index (χ1n) is 8.98. The Balaban J connectivity index is 1.60. The molecule has 1 aliphatic rings. The topological polar surface area (TPSA) is 102 Å². The number of aromatic nitrogens is 2. The summed E-state index contributed by atoms with van der Waals surface area (Å²) in [6.07, 6.45) is 3.38. The van der Waals surface area contributed by atoms with E-state index in [1.165, 1.54) is 29.7 Å². The van der Waals surface area contributed by atoms with Crippen molar-refractivity contribution in [1.29, 1.82) is 0 Å². The third-order valence-corrected chi connectivity index (χ3v) is 6.50. The molecule has 0 spiro atoms. The molecular weight excluding hydrogens is 460 g/mol. The van der Waals surface area contributed by atoms with Crippen molar-refractivity contribution < 1.29 is 13.2 Å². The number of pyridine rings is 1. The van der Waals surface area contributed by atoms with Gasteiger partial charge in [0.25, 0.3) is 5.56 Å². The first kappa shape index (κ1) is 19.9. The number of hydrogen-bond acceptors (Lipinski definition) is 6. The maximum Gasteiger partial charge on any atom is 0.258 e. The predicted octanol–water partition coefficient (Wildman–Crippen LogP) is 2.52. The van der Waals surface area contributed by atoms with Gasteiger partial charge in [0.05, 0.1) is 29.9 Å². The summed E-state index contributed by atoms with van der Waals surface area (Å²) >= 11 is 3.34. The third kappa shape index (κ3) is 4.44. The van der Waals surface area contributed by atoms with E-state index in [0.717, 1.165) is 17.3 Å². The Bertz CT molecular complexity index is 1240. The number of methoxy groups -OCH3 is 1. The molecule has 0 atom stereocenters. The van der Waals surface area contributed by atoms with Crippen LogP contribution in [0.1, 0.15) is 18.5 Å². The van der Waals surface area contributed by atoms with Gasteiger partial charge in [0.2, 0.25) is 10.0 Å². The van der Waals surface area contributed by atoms with E-state index in [9.17, 15) is 13.2 Å². The van der Waals surface area contributed by atoms with E-state index in [1.54, 1.807) is 18.3 Å². The Kier molecular flexibility index (Phi) is 5.32. The zero-order valence-electron chi connectivity index (χ0n) is 15.6. The Morgan fingerprint density at radius 3 is 2.76 bits per heavy atom. The monoisotopic (exact) mass is 478 g/mol. The van der Waals surface area contributed by atoms with Crippen LogP contribution in [0, 0.1) is 0 Å². The minimum Gasteiger partial charge on any atom is -0.495 e. The molecule has 1 fully saturated rings. The number of fused-ring (bicyclic) bond motifs is 1. The van der Waals surface area contributed by atoms with Gasteiger partial charge < -0.3 is 10.1 Å². The van der Waals surface area contributed by atoms with Gasteiger partial charge in [0.15, 0.2) is 0 Å². The lowest BCUT2D eigenvalue weighted by molar-refractivity contribution is 0.416. The molecule has 0 amide bonds. The average molecular weight is 479 g/mol. The Morgan fingerprint density at radius 1 is 1.24 bits per heavy atom. The molecule has 3 aromatic rings. The summed E-state index contributed by atoms with van der Waals surface area (Å²) in [5, 5.41) is 3.13. The lowest BCUT2D eigenvalue weighted by Crippen LogP contribution is -2.25. The van der Waals surface area contributed by atoms with Gasteiger partial charge >= 0.3 is 0 Å². The molecule has 152 valence electrons. The van der Waals surface area contributed by atoms with Gasteiger partial charge in [-0.05, 0) is 59.1 Å². The fourth-order valence-electron chi connectivity index (χ4n) is 2.88. The zero-order chi connectivity index (χ0) is 20.6. The van der Waals surface area contributed by atoms with Crippen LogP contribution in [-0.2, 0) is 16.6 Å². The number of nitrogens with zero attached hydrogens (tertiary/aromatic N) is 2. The van der Waals surface area contributed by atoms with Crippen LogP contribution in [0.2, 0.25) is 0 Å². The molecule has 1 aliphatic carbocycles. The molecule has 2 heterocycles. The number of ether oxygens (including phenoxy) is 1. The second-order valence-electron chi connectivity index (χ2n) is 6.77. The molecule has 10 heteroatoms. The first-order valence-corrected chi connectivity index (χ1v) is 11.3. The number of benzene rings is 1. The molecule has 8 nitrogen and oxygen atoms in total. The van der Waals surface area contributed by atoms with Crippen LogP contribution >= 0.6 is 15.9 Å².